The van der Waals surface area contributed by atoms with E-state index in [-0.39, 0.29) is 0 Å². The third kappa shape index (κ3) is 3.33. The highest BCUT2D eigenvalue weighted by atomic mass is 16.5. The molecule has 4 heteroatoms. The Balaban J connectivity index is 1.80. The van der Waals surface area contributed by atoms with Gasteiger partial charge in [-0.3, -0.25) is 0 Å². The molecule has 1 aliphatic heterocycles. The van der Waals surface area contributed by atoms with Crippen LogP contribution in [0.4, 0.5) is 5.95 Å². The minimum absolute atomic E-state index is 0.824. The zero-order chi connectivity index (χ0) is 17.1. The molecule has 1 aliphatic rings. The van der Waals surface area contributed by atoms with Gasteiger partial charge in [0.05, 0.1) is 18.5 Å². The van der Waals surface area contributed by atoms with Crippen molar-refractivity contribution in [3.63, 3.8) is 0 Å². The zero-order valence-electron chi connectivity index (χ0n) is 14.4. The maximum Gasteiger partial charge on any atom is 0.226 e. The number of hydrogen-bond acceptors (Lipinski definition) is 4. The molecule has 3 aromatic rings. The SMILES string of the molecule is COc1ccc(-c2cc(-c3ccccc3)nc(N3CCCC3)n2)cc1. The summed E-state index contributed by atoms with van der Waals surface area (Å²) in [6.45, 7) is 2.06. The number of anilines is 1. The summed E-state index contributed by atoms with van der Waals surface area (Å²) in [5.74, 6) is 1.67. The van der Waals surface area contributed by atoms with Crippen LogP contribution in [0.2, 0.25) is 0 Å². The minimum Gasteiger partial charge on any atom is -0.497 e. The van der Waals surface area contributed by atoms with Crippen LogP contribution >= 0.6 is 0 Å². The van der Waals surface area contributed by atoms with Gasteiger partial charge in [0, 0.05) is 24.2 Å². The number of nitrogens with zero attached hydrogens (tertiary/aromatic N) is 3. The number of hydrogen-bond donors (Lipinski definition) is 0. The van der Waals surface area contributed by atoms with Gasteiger partial charge in [-0.25, -0.2) is 9.97 Å². The van der Waals surface area contributed by atoms with Crippen molar-refractivity contribution in [2.75, 3.05) is 25.1 Å². The van der Waals surface area contributed by atoms with Gasteiger partial charge < -0.3 is 9.64 Å². The average Bonchev–Trinajstić information content (AvgIpc) is 3.23. The molecule has 4 rings (SSSR count). The highest BCUT2D eigenvalue weighted by molar-refractivity contribution is 5.70. The number of ether oxygens (including phenoxy) is 1. The van der Waals surface area contributed by atoms with Crippen molar-refractivity contribution < 1.29 is 4.74 Å². The number of methoxy groups -OCH3 is 1. The second-order valence-corrected chi connectivity index (χ2v) is 6.23. The van der Waals surface area contributed by atoms with Gasteiger partial charge in [-0.05, 0) is 43.2 Å². The van der Waals surface area contributed by atoms with Gasteiger partial charge in [0.1, 0.15) is 5.75 Å². The maximum atomic E-state index is 5.26. The molecule has 0 atom stereocenters. The molecule has 0 radical (unpaired) electrons. The van der Waals surface area contributed by atoms with Gasteiger partial charge in [0.25, 0.3) is 0 Å². The first-order chi connectivity index (χ1) is 12.3. The Labute approximate surface area is 148 Å². The molecular weight excluding hydrogens is 310 g/mol. The van der Waals surface area contributed by atoms with Gasteiger partial charge in [0.2, 0.25) is 5.95 Å². The van der Waals surface area contributed by atoms with Crippen LogP contribution in [-0.4, -0.2) is 30.2 Å². The fourth-order valence-corrected chi connectivity index (χ4v) is 3.16. The smallest absolute Gasteiger partial charge is 0.226 e. The summed E-state index contributed by atoms with van der Waals surface area (Å²) in [6, 6.07) is 20.4. The van der Waals surface area contributed by atoms with E-state index in [4.69, 9.17) is 14.7 Å². The van der Waals surface area contributed by atoms with Crippen LogP contribution in [0.5, 0.6) is 5.75 Å². The van der Waals surface area contributed by atoms with E-state index in [2.05, 4.69) is 23.1 Å². The fourth-order valence-electron chi connectivity index (χ4n) is 3.16. The van der Waals surface area contributed by atoms with Crippen molar-refractivity contribution in [2.24, 2.45) is 0 Å². The standard InChI is InChI=1S/C21H21N3O/c1-25-18-11-9-17(10-12-18)20-15-19(16-7-3-2-4-8-16)22-21(23-20)24-13-5-6-14-24/h2-4,7-12,15H,5-6,13-14H2,1H3. The van der Waals surface area contributed by atoms with E-state index in [9.17, 15) is 0 Å². The topological polar surface area (TPSA) is 38.2 Å². The van der Waals surface area contributed by atoms with Crippen molar-refractivity contribution in [2.45, 2.75) is 12.8 Å². The number of benzene rings is 2. The summed E-state index contributed by atoms with van der Waals surface area (Å²) in [6.07, 6.45) is 2.41. The molecular formula is C21H21N3O. The van der Waals surface area contributed by atoms with E-state index in [0.717, 1.165) is 47.3 Å². The van der Waals surface area contributed by atoms with Crippen molar-refractivity contribution >= 4 is 5.95 Å². The van der Waals surface area contributed by atoms with E-state index >= 15 is 0 Å². The Morgan fingerprint density at radius 2 is 1.40 bits per heavy atom. The van der Waals surface area contributed by atoms with Gasteiger partial charge in [-0.15, -0.1) is 0 Å². The number of aromatic nitrogens is 2. The Hall–Kier alpha value is -2.88. The molecule has 2 heterocycles. The van der Waals surface area contributed by atoms with Crippen LogP contribution in [0.3, 0.4) is 0 Å². The van der Waals surface area contributed by atoms with Crippen LogP contribution in [0.25, 0.3) is 22.5 Å². The summed E-state index contributed by atoms with van der Waals surface area (Å²) in [5, 5.41) is 0. The minimum atomic E-state index is 0.824. The molecule has 4 nitrogen and oxygen atoms in total. The molecule has 2 aromatic carbocycles. The Bertz CT molecular complexity index is 841. The molecule has 0 saturated carbocycles. The van der Waals surface area contributed by atoms with Crippen molar-refractivity contribution in [1.29, 1.82) is 0 Å². The molecule has 0 aliphatic carbocycles. The second kappa shape index (κ2) is 6.93. The third-order valence-electron chi connectivity index (χ3n) is 4.56. The lowest BCUT2D eigenvalue weighted by Gasteiger charge is -2.17. The molecule has 0 unspecified atom stereocenters. The molecule has 1 aromatic heterocycles. The summed E-state index contributed by atoms with van der Waals surface area (Å²) in [7, 11) is 1.68. The first-order valence-corrected chi connectivity index (χ1v) is 8.67. The predicted octanol–water partition coefficient (Wildman–Crippen LogP) is 4.42. The first-order valence-electron chi connectivity index (χ1n) is 8.67. The fraction of sp³-hybridized carbons (Fsp3) is 0.238. The quantitative estimate of drug-likeness (QED) is 0.709. The van der Waals surface area contributed by atoms with E-state index in [1.807, 2.05) is 42.5 Å². The lowest BCUT2D eigenvalue weighted by atomic mass is 10.1. The zero-order valence-corrected chi connectivity index (χ0v) is 14.4. The van der Waals surface area contributed by atoms with Crippen molar-refractivity contribution in [3.05, 3.63) is 60.7 Å². The Morgan fingerprint density at radius 3 is 2.00 bits per heavy atom. The highest BCUT2D eigenvalue weighted by Crippen LogP contribution is 2.28. The van der Waals surface area contributed by atoms with E-state index in [1.54, 1.807) is 7.11 Å². The van der Waals surface area contributed by atoms with Crippen LogP contribution in [0, 0.1) is 0 Å². The summed E-state index contributed by atoms with van der Waals surface area (Å²) >= 11 is 0. The van der Waals surface area contributed by atoms with Crippen LogP contribution in [0.1, 0.15) is 12.8 Å². The summed E-state index contributed by atoms with van der Waals surface area (Å²) in [4.78, 5) is 12.0. The predicted molar refractivity (Wildman–Crippen MR) is 101 cm³/mol. The average molecular weight is 331 g/mol. The third-order valence-corrected chi connectivity index (χ3v) is 4.56. The summed E-state index contributed by atoms with van der Waals surface area (Å²) in [5.41, 5.74) is 4.09. The number of rotatable bonds is 4. The van der Waals surface area contributed by atoms with Gasteiger partial charge in [0.15, 0.2) is 0 Å². The lowest BCUT2D eigenvalue weighted by molar-refractivity contribution is 0.415. The van der Waals surface area contributed by atoms with Crippen LogP contribution in [0.15, 0.2) is 60.7 Å². The van der Waals surface area contributed by atoms with Crippen LogP contribution in [-0.2, 0) is 0 Å². The summed E-state index contributed by atoms with van der Waals surface area (Å²) < 4.78 is 5.26. The maximum absolute atomic E-state index is 5.26. The van der Waals surface area contributed by atoms with Crippen molar-refractivity contribution in [1.82, 2.24) is 9.97 Å². The monoisotopic (exact) mass is 331 g/mol. The van der Waals surface area contributed by atoms with Crippen LogP contribution < -0.4 is 9.64 Å². The van der Waals surface area contributed by atoms with E-state index < -0.39 is 0 Å². The molecule has 0 amide bonds. The van der Waals surface area contributed by atoms with E-state index in [0.29, 0.717) is 0 Å². The molecule has 25 heavy (non-hydrogen) atoms. The second-order valence-electron chi connectivity index (χ2n) is 6.23. The van der Waals surface area contributed by atoms with Gasteiger partial charge >= 0.3 is 0 Å². The lowest BCUT2D eigenvalue weighted by Crippen LogP contribution is -2.20. The molecule has 0 bridgehead atoms. The first kappa shape index (κ1) is 15.6. The molecule has 1 fully saturated rings. The normalized spacial score (nSPS) is 13.9. The Morgan fingerprint density at radius 1 is 0.800 bits per heavy atom. The molecule has 1 saturated heterocycles. The Kier molecular flexibility index (Phi) is 4.34. The molecule has 126 valence electrons. The largest absolute Gasteiger partial charge is 0.497 e. The highest BCUT2D eigenvalue weighted by Gasteiger charge is 2.17. The van der Waals surface area contributed by atoms with Crippen molar-refractivity contribution in [3.8, 4) is 28.3 Å². The van der Waals surface area contributed by atoms with Gasteiger partial charge in [-0.2, -0.15) is 0 Å². The molecule has 0 spiro atoms. The molecule has 0 N–H and O–H groups in total. The van der Waals surface area contributed by atoms with E-state index in [1.165, 1.54) is 12.8 Å². The van der Waals surface area contributed by atoms with Gasteiger partial charge in [-0.1, -0.05) is 30.3 Å².